The van der Waals surface area contributed by atoms with E-state index < -0.39 is 0 Å². The van der Waals surface area contributed by atoms with Crippen molar-refractivity contribution in [2.24, 2.45) is 5.41 Å². The molecule has 1 unspecified atom stereocenters. The Balaban J connectivity index is 1.83. The summed E-state index contributed by atoms with van der Waals surface area (Å²) >= 11 is 1.94. The molecule has 1 atom stereocenters. The molecule has 1 aliphatic carbocycles. The second kappa shape index (κ2) is 6.90. The first-order valence-corrected chi connectivity index (χ1v) is 8.80. The molecule has 1 aromatic heterocycles. The van der Waals surface area contributed by atoms with Gasteiger partial charge >= 0.3 is 0 Å². The van der Waals surface area contributed by atoms with Crippen LogP contribution in [-0.2, 0) is 6.42 Å². The maximum absolute atomic E-state index is 3.84. The fourth-order valence-electron chi connectivity index (χ4n) is 3.04. The average molecular weight is 279 g/mol. The van der Waals surface area contributed by atoms with E-state index in [0.717, 1.165) is 6.54 Å². The number of unbranched alkanes of at least 4 members (excludes halogenated alkanes) is 2. The summed E-state index contributed by atoms with van der Waals surface area (Å²) in [6.07, 6.45) is 9.38. The Morgan fingerprint density at radius 2 is 2.21 bits per heavy atom. The van der Waals surface area contributed by atoms with E-state index in [9.17, 15) is 0 Å². The van der Waals surface area contributed by atoms with Crippen LogP contribution < -0.4 is 5.32 Å². The molecule has 1 nitrogen and oxygen atoms in total. The summed E-state index contributed by atoms with van der Waals surface area (Å²) in [5.41, 5.74) is 2.02. The van der Waals surface area contributed by atoms with E-state index in [1.807, 2.05) is 11.3 Å². The first-order chi connectivity index (χ1) is 9.12. The third-order valence-electron chi connectivity index (χ3n) is 4.34. The molecule has 0 spiro atoms. The lowest BCUT2D eigenvalue weighted by Crippen LogP contribution is -2.33. The third kappa shape index (κ3) is 4.32. The number of hydrogen-bond acceptors (Lipinski definition) is 2. The summed E-state index contributed by atoms with van der Waals surface area (Å²) < 4.78 is 0. The summed E-state index contributed by atoms with van der Waals surface area (Å²) in [6, 6.07) is 2.95. The van der Waals surface area contributed by atoms with Crippen LogP contribution in [0.5, 0.6) is 0 Å². The first kappa shape index (κ1) is 15.1. The molecular weight excluding hydrogens is 250 g/mol. The van der Waals surface area contributed by atoms with Crippen LogP contribution in [0.15, 0.2) is 11.4 Å². The minimum Gasteiger partial charge on any atom is -0.309 e. The van der Waals surface area contributed by atoms with E-state index in [4.69, 9.17) is 0 Å². The maximum atomic E-state index is 3.84. The molecule has 19 heavy (non-hydrogen) atoms. The van der Waals surface area contributed by atoms with E-state index >= 15 is 0 Å². The minimum atomic E-state index is 0.433. The molecule has 0 saturated carbocycles. The molecule has 0 saturated heterocycles. The monoisotopic (exact) mass is 279 g/mol. The Morgan fingerprint density at radius 1 is 1.37 bits per heavy atom. The molecule has 1 N–H and O–H groups in total. The zero-order chi connectivity index (χ0) is 13.7. The average Bonchev–Trinajstić information content (AvgIpc) is 2.85. The van der Waals surface area contributed by atoms with Crippen LogP contribution in [0.3, 0.4) is 0 Å². The Bertz CT molecular complexity index is 380. The van der Waals surface area contributed by atoms with Gasteiger partial charge in [0.05, 0.1) is 0 Å². The van der Waals surface area contributed by atoms with Crippen LogP contribution in [0.2, 0.25) is 0 Å². The van der Waals surface area contributed by atoms with Crippen molar-refractivity contribution in [3.05, 3.63) is 21.9 Å². The van der Waals surface area contributed by atoms with Crippen LogP contribution in [0.25, 0.3) is 0 Å². The highest BCUT2D eigenvalue weighted by atomic mass is 32.1. The lowest BCUT2D eigenvalue weighted by molar-refractivity contribution is 0.280. The van der Waals surface area contributed by atoms with Gasteiger partial charge in [-0.05, 0) is 48.1 Å². The topological polar surface area (TPSA) is 12.0 Å². The minimum absolute atomic E-state index is 0.433. The van der Waals surface area contributed by atoms with Crippen LogP contribution in [-0.4, -0.2) is 6.54 Å². The summed E-state index contributed by atoms with van der Waals surface area (Å²) in [4.78, 5) is 1.62. The molecule has 1 heterocycles. The first-order valence-electron chi connectivity index (χ1n) is 7.92. The maximum Gasteiger partial charge on any atom is 0.0331 e. The zero-order valence-electron chi connectivity index (χ0n) is 12.8. The second-order valence-electron chi connectivity index (χ2n) is 6.75. The standard InChI is InChI=1S/C17H29NS/c1-4-5-6-11-17(2,3)13-18-15-8-7-9-16-14(15)10-12-19-16/h10,12,15,18H,4-9,11,13H2,1-3H3. The van der Waals surface area contributed by atoms with Gasteiger partial charge in [-0.25, -0.2) is 0 Å². The lowest BCUT2D eigenvalue weighted by atomic mass is 9.85. The summed E-state index contributed by atoms with van der Waals surface area (Å²) in [5.74, 6) is 0. The third-order valence-corrected chi connectivity index (χ3v) is 5.33. The largest absolute Gasteiger partial charge is 0.309 e. The van der Waals surface area contributed by atoms with Gasteiger partial charge in [0.15, 0.2) is 0 Å². The van der Waals surface area contributed by atoms with Crippen molar-refractivity contribution in [3.63, 3.8) is 0 Å². The number of hydrogen-bond donors (Lipinski definition) is 1. The molecule has 0 aliphatic heterocycles. The van der Waals surface area contributed by atoms with Crippen LogP contribution >= 0.6 is 11.3 Å². The Hall–Kier alpha value is -0.340. The van der Waals surface area contributed by atoms with Crippen molar-refractivity contribution in [2.75, 3.05) is 6.54 Å². The molecular formula is C17H29NS. The SMILES string of the molecule is CCCCCC(C)(C)CNC1CCCc2sccc21. The highest BCUT2D eigenvalue weighted by Gasteiger charge is 2.24. The van der Waals surface area contributed by atoms with Crippen molar-refractivity contribution in [2.45, 2.75) is 71.8 Å². The number of thiophene rings is 1. The number of aryl methyl sites for hydroxylation is 1. The predicted molar refractivity (Wildman–Crippen MR) is 85.9 cm³/mol. The van der Waals surface area contributed by atoms with E-state index in [-0.39, 0.29) is 0 Å². The van der Waals surface area contributed by atoms with Gasteiger partial charge in [-0.3, -0.25) is 0 Å². The molecule has 0 amide bonds. The van der Waals surface area contributed by atoms with E-state index in [1.54, 1.807) is 10.4 Å². The van der Waals surface area contributed by atoms with E-state index in [1.165, 1.54) is 44.9 Å². The van der Waals surface area contributed by atoms with Crippen LogP contribution in [0.1, 0.15) is 75.8 Å². The van der Waals surface area contributed by atoms with Gasteiger partial charge < -0.3 is 5.32 Å². The smallest absolute Gasteiger partial charge is 0.0331 e. The highest BCUT2D eigenvalue weighted by Crippen LogP contribution is 2.34. The molecule has 0 fully saturated rings. The second-order valence-corrected chi connectivity index (χ2v) is 7.75. The summed E-state index contributed by atoms with van der Waals surface area (Å²) in [6.45, 7) is 8.25. The molecule has 1 aromatic rings. The highest BCUT2D eigenvalue weighted by molar-refractivity contribution is 7.10. The van der Waals surface area contributed by atoms with Crippen molar-refractivity contribution in [1.29, 1.82) is 0 Å². The van der Waals surface area contributed by atoms with Gasteiger partial charge in [-0.2, -0.15) is 0 Å². The van der Waals surface area contributed by atoms with Crippen LogP contribution in [0.4, 0.5) is 0 Å². The molecule has 0 aromatic carbocycles. The number of rotatable bonds is 7. The molecule has 108 valence electrons. The molecule has 2 heteroatoms. The van der Waals surface area contributed by atoms with Crippen molar-refractivity contribution < 1.29 is 0 Å². The van der Waals surface area contributed by atoms with Crippen molar-refractivity contribution in [1.82, 2.24) is 5.32 Å². The number of nitrogens with one attached hydrogen (secondary N) is 1. The van der Waals surface area contributed by atoms with E-state index in [0.29, 0.717) is 11.5 Å². The lowest BCUT2D eigenvalue weighted by Gasteiger charge is -2.30. The van der Waals surface area contributed by atoms with Gasteiger partial charge in [0, 0.05) is 17.5 Å². The van der Waals surface area contributed by atoms with Gasteiger partial charge in [0.2, 0.25) is 0 Å². The fourth-order valence-corrected chi connectivity index (χ4v) is 4.03. The quantitative estimate of drug-likeness (QED) is 0.666. The number of fused-ring (bicyclic) bond motifs is 1. The van der Waals surface area contributed by atoms with E-state index in [2.05, 4.69) is 37.5 Å². The normalized spacial score (nSPS) is 19.4. The Morgan fingerprint density at radius 3 is 3.00 bits per heavy atom. The predicted octanol–water partition coefficient (Wildman–Crippen LogP) is 5.32. The van der Waals surface area contributed by atoms with Crippen LogP contribution in [0, 0.1) is 5.41 Å². The van der Waals surface area contributed by atoms with Crippen molar-refractivity contribution >= 4 is 11.3 Å². The van der Waals surface area contributed by atoms with Gasteiger partial charge in [0.25, 0.3) is 0 Å². The fraction of sp³-hybridized carbons (Fsp3) is 0.765. The molecule has 1 aliphatic rings. The summed E-state index contributed by atoms with van der Waals surface area (Å²) in [5, 5.41) is 6.10. The zero-order valence-corrected chi connectivity index (χ0v) is 13.6. The van der Waals surface area contributed by atoms with Gasteiger partial charge in [-0.1, -0.05) is 40.0 Å². The van der Waals surface area contributed by atoms with Gasteiger partial charge in [0.1, 0.15) is 0 Å². The molecule has 0 radical (unpaired) electrons. The van der Waals surface area contributed by atoms with Crippen molar-refractivity contribution in [3.8, 4) is 0 Å². The Labute approximate surface area is 122 Å². The molecule has 0 bridgehead atoms. The molecule has 2 rings (SSSR count). The Kier molecular flexibility index (Phi) is 5.47. The van der Waals surface area contributed by atoms with Gasteiger partial charge in [-0.15, -0.1) is 11.3 Å². The summed E-state index contributed by atoms with van der Waals surface area (Å²) in [7, 11) is 0.